The van der Waals surface area contributed by atoms with Crippen molar-refractivity contribution in [2.75, 3.05) is 18.4 Å². The summed E-state index contributed by atoms with van der Waals surface area (Å²) in [6.07, 6.45) is 0.892. The molecule has 1 aromatic heterocycles. The molecule has 0 atom stereocenters. The lowest BCUT2D eigenvalue weighted by molar-refractivity contribution is 0.0727. The number of aromatic nitrogens is 2. The van der Waals surface area contributed by atoms with E-state index in [1.54, 1.807) is 6.07 Å². The average molecular weight is 310 g/mol. The van der Waals surface area contributed by atoms with Crippen LogP contribution in [-0.4, -0.2) is 34.1 Å². The highest BCUT2D eigenvalue weighted by Gasteiger charge is 2.22. The Morgan fingerprint density at radius 1 is 1.17 bits per heavy atom. The fraction of sp³-hybridized carbons (Fsp3) is 0.389. The summed E-state index contributed by atoms with van der Waals surface area (Å²) < 4.78 is 0. The Morgan fingerprint density at radius 3 is 2.65 bits per heavy atom. The molecular weight excluding hydrogens is 288 g/mol. The van der Waals surface area contributed by atoms with Crippen LogP contribution in [0.5, 0.6) is 0 Å². The molecule has 120 valence electrons. The van der Waals surface area contributed by atoms with E-state index in [9.17, 15) is 4.79 Å². The monoisotopic (exact) mass is 310 g/mol. The summed E-state index contributed by atoms with van der Waals surface area (Å²) >= 11 is 0. The second-order valence-electron chi connectivity index (χ2n) is 6.32. The molecule has 1 aliphatic rings. The van der Waals surface area contributed by atoms with Crippen LogP contribution in [0.4, 0.5) is 5.82 Å². The predicted octanol–water partition coefficient (Wildman–Crippen LogP) is 2.74. The second kappa shape index (κ2) is 6.77. The minimum absolute atomic E-state index is 0.0533. The largest absolute Gasteiger partial charge is 0.368 e. The van der Waals surface area contributed by atoms with Gasteiger partial charge in [0.05, 0.1) is 0 Å². The lowest BCUT2D eigenvalue weighted by Gasteiger charge is -2.28. The van der Waals surface area contributed by atoms with Crippen LogP contribution in [0.3, 0.4) is 0 Å². The van der Waals surface area contributed by atoms with Gasteiger partial charge in [0.15, 0.2) is 5.69 Å². The van der Waals surface area contributed by atoms with Gasteiger partial charge in [0.2, 0.25) is 0 Å². The molecule has 0 saturated carbocycles. The van der Waals surface area contributed by atoms with Crippen LogP contribution in [0, 0.1) is 5.92 Å². The molecule has 2 aromatic rings. The van der Waals surface area contributed by atoms with Gasteiger partial charge in [0.1, 0.15) is 5.82 Å². The van der Waals surface area contributed by atoms with Crippen LogP contribution < -0.4 is 5.32 Å². The zero-order valence-corrected chi connectivity index (χ0v) is 13.6. The molecule has 0 radical (unpaired) electrons. The standard InChI is InChI=1S/C18H22N4O/c1-13(2)11-19-17-8-7-16(20-21-17)18(23)22-10-9-14-5-3-4-6-15(14)12-22/h3-8,13H,9-12H2,1-2H3,(H,19,21). The van der Waals surface area contributed by atoms with Gasteiger partial charge in [0, 0.05) is 19.6 Å². The molecule has 3 rings (SSSR count). The number of nitrogens with one attached hydrogen (secondary N) is 1. The summed E-state index contributed by atoms with van der Waals surface area (Å²) in [4.78, 5) is 14.4. The van der Waals surface area contributed by atoms with Crippen molar-refractivity contribution >= 4 is 11.7 Å². The minimum Gasteiger partial charge on any atom is -0.368 e. The van der Waals surface area contributed by atoms with Gasteiger partial charge in [0.25, 0.3) is 5.91 Å². The van der Waals surface area contributed by atoms with E-state index in [0.29, 0.717) is 24.0 Å². The van der Waals surface area contributed by atoms with Gasteiger partial charge < -0.3 is 10.2 Å². The maximum atomic E-state index is 12.6. The normalized spacial score (nSPS) is 13.8. The number of hydrogen-bond acceptors (Lipinski definition) is 4. The van der Waals surface area contributed by atoms with Gasteiger partial charge in [-0.25, -0.2) is 0 Å². The summed E-state index contributed by atoms with van der Waals surface area (Å²) in [7, 11) is 0. The Hall–Kier alpha value is -2.43. The van der Waals surface area contributed by atoms with Gasteiger partial charge in [-0.3, -0.25) is 4.79 Å². The number of amides is 1. The number of nitrogens with zero attached hydrogens (tertiary/aromatic N) is 3. The molecule has 1 aromatic carbocycles. The molecular formula is C18H22N4O. The van der Waals surface area contributed by atoms with Crippen LogP contribution in [0.25, 0.3) is 0 Å². The van der Waals surface area contributed by atoms with Crippen molar-refractivity contribution in [3.05, 3.63) is 53.2 Å². The number of hydrogen-bond donors (Lipinski definition) is 1. The van der Waals surface area contributed by atoms with Crippen molar-refractivity contribution in [1.82, 2.24) is 15.1 Å². The van der Waals surface area contributed by atoms with Crippen LogP contribution in [-0.2, 0) is 13.0 Å². The smallest absolute Gasteiger partial charge is 0.274 e. The maximum Gasteiger partial charge on any atom is 0.274 e. The van der Waals surface area contributed by atoms with Crippen LogP contribution in [0.2, 0.25) is 0 Å². The summed E-state index contributed by atoms with van der Waals surface area (Å²) in [6, 6.07) is 11.8. The van der Waals surface area contributed by atoms with E-state index in [0.717, 1.165) is 19.5 Å². The lowest BCUT2D eigenvalue weighted by Crippen LogP contribution is -2.36. The van der Waals surface area contributed by atoms with E-state index in [1.807, 2.05) is 23.1 Å². The number of rotatable bonds is 4. The summed E-state index contributed by atoms with van der Waals surface area (Å²) in [5, 5.41) is 11.4. The van der Waals surface area contributed by atoms with Crippen LogP contribution in [0.15, 0.2) is 36.4 Å². The van der Waals surface area contributed by atoms with Gasteiger partial charge in [-0.05, 0) is 35.6 Å². The molecule has 0 aliphatic carbocycles. The van der Waals surface area contributed by atoms with E-state index in [2.05, 4.69) is 41.5 Å². The molecule has 23 heavy (non-hydrogen) atoms. The third-order valence-electron chi connectivity index (χ3n) is 3.99. The Bertz CT molecular complexity index is 682. The quantitative estimate of drug-likeness (QED) is 0.943. The molecule has 5 heteroatoms. The van der Waals surface area contributed by atoms with E-state index < -0.39 is 0 Å². The van der Waals surface area contributed by atoms with E-state index in [-0.39, 0.29) is 5.91 Å². The number of benzene rings is 1. The van der Waals surface area contributed by atoms with Gasteiger partial charge >= 0.3 is 0 Å². The third kappa shape index (κ3) is 3.67. The minimum atomic E-state index is -0.0533. The summed E-state index contributed by atoms with van der Waals surface area (Å²) in [5.74, 6) is 1.19. The molecule has 2 heterocycles. The average Bonchev–Trinajstić information content (AvgIpc) is 2.59. The highest BCUT2D eigenvalue weighted by Crippen LogP contribution is 2.19. The first-order valence-corrected chi connectivity index (χ1v) is 8.07. The summed E-state index contributed by atoms with van der Waals surface area (Å²) in [5.41, 5.74) is 2.95. The summed E-state index contributed by atoms with van der Waals surface area (Å²) in [6.45, 7) is 6.47. The molecule has 0 fully saturated rings. The Balaban J connectivity index is 1.67. The Kier molecular flexibility index (Phi) is 4.55. The van der Waals surface area contributed by atoms with E-state index >= 15 is 0 Å². The Labute approximate surface area is 136 Å². The first-order chi connectivity index (χ1) is 11.1. The molecule has 0 bridgehead atoms. The Morgan fingerprint density at radius 2 is 1.96 bits per heavy atom. The van der Waals surface area contributed by atoms with Crippen molar-refractivity contribution in [2.45, 2.75) is 26.8 Å². The van der Waals surface area contributed by atoms with Crippen LogP contribution >= 0.6 is 0 Å². The molecule has 0 spiro atoms. The molecule has 1 aliphatic heterocycles. The number of carbonyl (C=O) groups is 1. The molecule has 0 unspecified atom stereocenters. The van der Waals surface area contributed by atoms with Crippen molar-refractivity contribution in [1.29, 1.82) is 0 Å². The fourth-order valence-electron chi connectivity index (χ4n) is 2.68. The zero-order valence-electron chi connectivity index (χ0n) is 13.6. The highest BCUT2D eigenvalue weighted by atomic mass is 16.2. The van der Waals surface area contributed by atoms with Gasteiger partial charge in [-0.2, -0.15) is 0 Å². The van der Waals surface area contributed by atoms with E-state index in [1.165, 1.54) is 11.1 Å². The van der Waals surface area contributed by atoms with Crippen LogP contribution in [0.1, 0.15) is 35.5 Å². The lowest BCUT2D eigenvalue weighted by atomic mass is 10.00. The molecule has 1 amide bonds. The van der Waals surface area contributed by atoms with Gasteiger partial charge in [-0.1, -0.05) is 38.1 Å². The molecule has 0 saturated heterocycles. The fourth-order valence-corrected chi connectivity index (χ4v) is 2.68. The first-order valence-electron chi connectivity index (χ1n) is 8.07. The topological polar surface area (TPSA) is 58.1 Å². The zero-order chi connectivity index (χ0) is 16.2. The molecule has 5 nitrogen and oxygen atoms in total. The predicted molar refractivity (Wildman–Crippen MR) is 90.2 cm³/mol. The SMILES string of the molecule is CC(C)CNc1ccc(C(=O)N2CCc3ccccc3C2)nn1. The third-order valence-corrected chi connectivity index (χ3v) is 3.99. The second-order valence-corrected chi connectivity index (χ2v) is 6.32. The van der Waals surface area contributed by atoms with E-state index in [4.69, 9.17) is 0 Å². The highest BCUT2D eigenvalue weighted by molar-refractivity contribution is 5.92. The van der Waals surface area contributed by atoms with Crippen molar-refractivity contribution in [2.24, 2.45) is 5.92 Å². The van der Waals surface area contributed by atoms with Crippen molar-refractivity contribution in [3.8, 4) is 0 Å². The molecule has 1 N–H and O–H groups in total. The maximum absolute atomic E-state index is 12.6. The number of carbonyl (C=O) groups excluding carboxylic acids is 1. The van der Waals surface area contributed by atoms with Crippen molar-refractivity contribution in [3.63, 3.8) is 0 Å². The van der Waals surface area contributed by atoms with Crippen molar-refractivity contribution < 1.29 is 4.79 Å². The van der Waals surface area contributed by atoms with Gasteiger partial charge in [-0.15, -0.1) is 10.2 Å². The number of fused-ring (bicyclic) bond motifs is 1. The first kappa shape index (κ1) is 15.5. The number of anilines is 1.